The molecule has 0 fully saturated rings. The normalized spacial score (nSPS) is 11.1. The highest BCUT2D eigenvalue weighted by Gasteiger charge is 2.24. The molecule has 39 heavy (non-hydrogen) atoms. The first kappa shape index (κ1) is 31.2. The van der Waals surface area contributed by atoms with Gasteiger partial charge < -0.3 is 14.0 Å². The molecule has 208 valence electrons. The third-order valence-corrected chi connectivity index (χ3v) is 7.88. The topological polar surface area (TPSA) is 34.0 Å². The van der Waals surface area contributed by atoms with Gasteiger partial charge in [-0.2, -0.15) is 0 Å². The smallest absolute Gasteiger partial charge is 0.210 e. The molecule has 0 N–H and O–H groups in total. The van der Waals surface area contributed by atoms with Crippen molar-refractivity contribution in [2.24, 2.45) is 0 Å². The van der Waals surface area contributed by atoms with Gasteiger partial charge in [-0.15, -0.1) is 12.4 Å². The summed E-state index contributed by atoms with van der Waals surface area (Å²) < 4.78 is 8.86. The number of hydrogen-bond acceptors (Lipinski definition) is 3. The van der Waals surface area contributed by atoms with Crippen LogP contribution in [0.4, 0.5) is 0 Å². The largest absolute Gasteiger partial charge is 0.492 e. The molecular formula is C32H37BrCl2N2O2. The number of ketones is 1. The first-order valence-corrected chi connectivity index (χ1v) is 14.8. The first-order valence-electron chi connectivity index (χ1n) is 13.6. The standard InChI is InChI=1S/C32H36BrClN2O2.ClH/c1-3-5-18-35(19-6-4-2)20-12-22-38-28-17-16-25(23-26(28)34)32(37)31-29(24-13-8-7-9-14-24)30(33)27-15-10-11-21-36(27)31;/h7-11,13-17,21,23H,3-6,12,18-20,22H2,1-2H3;1H. The van der Waals surface area contributed by atoms with E-state index in [0.29, 0.717) is 28.6 Å². The van der Waals surface area contributed by atoms with Crippen molar-refractivity contribution in [3.8, 4) is 16.9 Å². The molecule has 0 radical (unpaired) electrons. The molecule has 0 aliphatic heterocycles. The second kappa shape index (κ2) is 15.5. The van der Waals surface area contributed by atoms with Gasteiger partial charge in [-0.1, -0.05) is 74.7 Å². The zero-order valence-electron chi connectivity index (χ0n) is 22.7. The summed E-state index contributed by atoms with van der Waals surface area (Å²) in [4.78, 5) is 16.4. The van der Waals surface area contributed by atoms with Gasteiger partial charge in [0.05, 0.1) is 21.6 Å². The van der Waals surface area contributed by atoms with Gasteiger partial charge in [0.15, 0.2) is 0 Å². The molecule has 0 spiro atoms. The maximum Gasteiger partial charge on any atom is 0.210 e. The van der Waals surface area contributed by atoms with Gasteiger partial charge in [-0.25, -0.2) is 0 Å². The summed E-state index contributed by atoms with van der Waals surface area (Å²) in [6, 6.07) is 21.2. The highest BCUT2D eigenvalue weighted by molar-refractivity contribution is 9.10. The molecule has 2 heterocycles. The number of carbonyl (C=O) groups excluding carboxylic acids is 1. The SMILES string of the molecule is CCCCN(CCCC)CCCOc1ccc(C(=O)c2c(-c3ccccc3)c(Br)c3ccccn23)cc1Cl.Cl. The van der Waals surface area contributed by atoms with E-state index in [1.165, 1.54) is 25.7 Å². The number of nitrogens with zero attached hydrogens (tertiary/aromatic N) is 2. The number of rotatable bonds is 14. The molecule has 2 aromatic heterocycles. The minimum Gasteiger partial charge on any atom is -0.492 e. The molecular weight excluding hydrogens is 595 g/mol. The molecule has 2 aromatic carbocycles. The first-order chi connectivity index (χ1) is 18.5. The van der Waals surface area contributed by atoms with Crippen molar-refractivity contribution < 1.29 is 9.53 Å². The van der Waals surface area contributed by atoms with Crippen LogP contribution in [0.5, 0.6) is 5.75 Å². The molecule has 0 atom stereocenters. The van der Waals surface area contributed by atoms with Gasteiger partial charge in [0.2, 0.25) is 5.78 Å². The minimum atomic E-state index is -0.0910. The zero-order chi connectivity index (χ0) is 26.9. The number of fused-ring (bicyclic) bond motifs is 1. The van der Waals surface area contributed by atoms with Gasteiger partial charge in [0, 0.05) is 23.9 Å². The van der Waals surface area contributed by atoms with Crippen LogP contribution in [0.15, 0.2) is 77.4 Å². The van der Waals surface area contributed by atoms with Gasteiger partial charge >= 0.3 is 0 Å². The lowest BCUT2D eigenvalue weighted by molar-refractivity contribution is 0.103. The lowest BCUT2D eigenvalue weighted by Crippen LogP contribution is -2.28. The molecule has 0 aliphatic carbocycles. The van der Waals surface area contributed by atoms with E-state index >= 15 is 0 Å². The van der Waals surface area contributed by atoms with Crippen LogP contribution < -0.4 is 4.74 Å². The Labute approximate surface area is 251 Å². The van der Waals surface area contributed by atoms with Gasteiger partial charge in [-0.05, 0) is 84.2 Å². The molecule has 4 aromatic rings. The fraction of sp³-hybridized carbons (Fsp3) is 0.344. The molecule has 0 saturated carbocycles. The van der Waals surface area contributed by atoms with Crippen LogP contribution in [0.25, 0.3) is 16.6 Å². The highest BCUT2D eigenvalue weighted by Crippen LogP contribution is 2.38. The second-order valence-electron chi connectivity index (χ2n) is 9.58. The average molecular weight is 632 g/mol. The number of ether oxygens (including phenoxy) is 1. The molecule has 4 rings (SSSR count). The molecule has 4 nitrogen and oxygen atoms in total. The van der Waals surface area contributed by atoms with Crippen LogP contribution >= 0.6 is 39.9 Å². The summed E-state index contributed by atoms with van der Waals surface area (Å²) in [5, 5.41) is 0.450. The van der Waals surface area contributed by atoms with Crippen LogP contribution in [-0.4, -0.2) is 41.3 Å². The van der Waals surface area contributed by atoms with Crippen molar-refractivity contribution in [2.45, 2.75) is 46.0 Å². The number of aromatic nitrogens is 1. The number of benzene rings is 2. The maximum absolute atomic E-state index is 13.9. The number of pyridine rings is 1. The van der Waals surface area contributed by atoms with Crippen molar-refractivity contribution in [1.29, 1.82) is 0 Å². The van der Waals surface area contributed by atoms with Gasteiger partial charge in [0.25, 0.3) is 0 Å². The Hall–Kier alpha value is -2.31. The van der Waals surface area contributed by atoms with E-state index in [4.69, 9.17) is 16.3 Å². The molecule has 0 amide bonds. The van der Waals surface area contributed by atoms with E-state index in [1.807, 2.05) is 71.3 Å². The van der Waals surface area contributed by atoms with Crippen molar-refractivity contribution in [3.63, 3.8) is 0 Å². The van der Waals surface area contributed by atoms with Crippen molar-refractivity contribution in [1.82, 2.24) is 9.30 Å². The fourth-order valence-electron chi connectivity index (χ4n) is 4.73. The van der Waals surface area contributed by atoms with Crippen LogP contribution in [0.2, 0.25) is 5.02 Å². The molecule has 7 heteroatoms. The Balaban J connectivity index is 0.00000420. The summed E-state index contributed by atoms with van der Waals surface area (Å²) in [7, 11) is 0. The highest BCUT2D eigenvalue weighted by atomic mass is 79.9. The van der Waals surface area contributed by atoms with E-state index < -0.39 is 0 Å². The van der Waals surface area contributed by atoms with E-state index in [0.717, 1.165) is 47.2 Å². The summed E-state index contributed by atoms with van der Waals surface area (Å²) >= 11 is 10.4. The summed E-state index contributed by atoms with van der Waals surface area (Å²) in [5.74, 6) is 0.521. The maximum atomic E-state index is 13.9. The second-order valence-corrected chi connectivity index (χ2v) is 10.8. The Morgan fingerprint density at radius 2 is 1.59 bits per heavy atom. The Morgan fingerprint density at radius 1 is 0.923 bits per heavy atom. The number of halogens is 3. The van der Waals surface area contributed by atoms with E-state index in [1.54, 1.807) is 6.07 Å². The molecule has 0 bridgehead atoms. The van der Waals surface area contributed by atoms with Gasteiger partial charge in [-0.3, -0.25) is 4.79 Å². The van der Waals surface area contributed by atoms with Gasteiger partial charge in [0.1, 0.15) is 11.4 Å². The fourth-order valence-corrected chi connectivity index (χ4v) is 5.70. The van der Waals surface area contributed by atoms with Crippen LogP contribution in [0, 0.1) is 0 Å². The minimum absolute atomic E-state index is 0. The van der Waals surface area contributed by atoms with Crippen LogP contribution in [0.3, 0.4) is 0 Å². The Morgan fingerprint density at radius 3 is 2.26 bits per heavy atom. The van der Waals surface area contributed by atoms with E-state index in [9.17, 15) is 4.79 Å². The van der Waals surface area contributed by atoms with Crippen molar-refractivity contribution in [2.75, 3.05) is 26.2 Å². The lowest BCUT2D eigenvalue weighted by Gasteiger charge is -2.22. The average Bonchev–Trinajstić information content (AvgIpc) is 3.25. The number of hydrogen-bond donors (Lipinski definition) is 0. The summed E-state index contributed by atoms with van der Waals surface area (Å²) in [6.07, 6.45) is 7.74. The third kappa shape index (κ3) is 7.67. The number of carbonyl (C=O) groups is 1. The predicted molar refractivity (Wildman–Crippen MR) is 169 cm³/mol. The van der Waals surface area contributed by atoms with Crippen molar-refractivity contribution >= 4 is 51.2 Å². The van der Waals surface area contributed by atoms with E-state index in [-0.39, 0.29) is 18.2 Å². The predicted octanol–water partition coefficient (Wildman–Crippen LogP) is 9.35. The number of unbranched alkanes of at least 4 members (excludes halogenated alkanes) is 2. The quantitative estimate of drug-likeness (QED) is 0.103. The Kier molecular flexibility index (Phi) is 12.4. The van der Waals surface area contributed by atoms with Crippen LogP contribution in [-0.2, 0) is 0 Å². The summed E-state index contributed by atoms with van der Waals surface area (Å²) in [5.41, 5.74) is 3.91. The third-order valence-electron chi connectivity index (χ3n) is 6.79. The summed E-state index contributed by atoms with van der Waals surface area (Å²) in [6.45, 7) is 8.37. The molecule has 0 unspecified atom stereocenters. The van der Waals surface area contributed by atoms with Crippen molar-refractivity contribution in [3.05, 3.63) is 93.7 Å². The van der Waals surface area contributed by atoms with Crippen LogP contribution in [0.1, 0.15) is 62.0 Å². The lowest BCUT2D eigenvalue weighted by atomic mass is 10.00. The molecule has 0 aliphatic rings. The zero-order valence-corrected chi connectivity index (χ0v) is 25.8. The molecule has 0 saturated heterocycles. The van der Waals surface area contributed by atoms with E-state index in [2.05, 4.69) is 34.7 Å². The monoisotopic (exact) mass is 630 g/mol. The Bertz CT molecular complexity index is 1350.